The lowest BCUT2D eigenvalue weighted by Crippen LogP contribution is -2.42. The zero-order chi connectivity index (χ0) is 20.2. The number of guanidine groups is 1. The molecular weight excluding hydrogens is 497 g/mol. The van der Waals surface area contributed by atoms with Gasteiger partial charge in [-0.2, -0.15) is 0 Å². The van der Waals surface area contributed by atoms with Crippen molar-refractivity contribution >= 4 is 41.3 Å². The fourth-order valence-electron chi connectivity index (χ4n) is 2.74. The molecule has 1 aromatic heterocycles. The van der Waals surface area contributed by atoms with E-state index in [4.69, 9.17) is 9.47 Å². The SMILES string of the molecule is CCOCCOCc1cccc(CNC(=NC)NCC(C)(C)c2cccs2)c1.I. The number of nitrogens with one attached hydrogen (secondary N) is 2. The van der Waals surface area contributed by atoms with Crippen LogP contribution in [0.4, 0.5) is 0 Å². The Balaban J connectivity index is 0.00000420. The molecule has 0 aliphatic carbocycles. The first-order valence-corrected chi connectivity index (χ1v) is 10.6. The normalized spacial score (nSPS) is 11.8. The molecule has 0 bridgehead atoms. The molecule has 0 aliphatic rings. The minimum atomic E-state index is 0. The Labute approximate surface area is 196 Å². The molecule has 2 N–H and O–H groups in total. The highest BCUT2D eigenvalue weighted by molar-refractivity contribution is 14.0. The molecule has 0 amide bonds. The smallest absolute Gasteiger partial charge is 0.191 e. The number of benzene rings is 1. The molecule has 29 heavy (non-hydrogen) atoms. The van der Waals surface area contributed by atoms with Crippen LogP contribution in [0.3, 0.4) is 0 Å². The van der Waals surface area contributed by atoms with Crippen LogP contribution in [0.25, 0.3) is 0 Å². The minimum Gasteiger partial charge on any atom is -0.379 e. The van der Waals surface area contributed by atoms with Crippen molar-refractivity contribution in [3.63, 3.8) is 0 Å². The van der Waals surface area contributed by atoms with E-state index in [0.717, 1.165) is 24.7 Å². The van der Waals surface area contributed by atoms with Crippen LogP contribution >= 0.6 is 35.3 Å². The van der Waals surface area contributed by atoms with Gasteiger partial charge in [-0.25, -0.2) is 0 Å². The molecule has 0 atom stereocenters. The fourth-order valence-corrected chi connectivity index (χ4v) is 3.60. The Morgan fingerprint density at radius 2 is 1.83 bits per heavy atom. The lowest BCUT2D eigenvalue weighted by molar-refractivity contribution is 0.0453. The Kier molecular flexibility index (Phi) is 12.4. The average Bonchev–Trinajstić information content (AvgIpc) is 3.24. The van der Waals surface area contributed by atoms with Crippen LogP contribution in [0.1, 0.15) is 36.8 Å². The van der Waals surface area contributed by atoms with Crippen LogP contribution in [0.15, 0.2) is 46.8 Å². The minimum absolute atomic E-state index is 0. The fraction of sp³-hybridized carbons (Fsp3) is 0.500. The Bertz CT molecular complexity index is 721. The molecule has 0 fully saturated rings. The van der Waals surface area contributed by atoms with E-state index in [0.29, 0.717) is 26.4 Å². The van der Waals surface area contributed by atoms with Gasteiger partial charge in [0, 0.05) is 37.0 Å². The van der Waals surface area contributed by atoms with E-state index in [-0.39, 0.29) is 29.4 Å². The second kappa shape index (κ2) is 14.0. The first-order valence-electron chi connectivity index (χ1n) is 9.77. The highest BCUT2D eigenvalue weighted by Crippen LogP contribution is 2.26. The topological polar surface area (TPSA) is 54.9 Å². The van der Waals surface area contributed by atoms with Gasteiger partial charge in [0.05, 0.1) is 19.8 Å². The van der Waals surface area contributed by atoms with E-state index in [9.17, 15) is 0 Å². The lowest BCUT2D eigenvalue weighted by atomic mass is 9.91. The zero-order valence-electron chi connectivity index (χ0n) is 17.9. The van der Waals surface area contributed by atoms with Crippen LogP contribution in [-0.4, -0.2) is 39.4 Å². The summed E-state index contributed by atoms with van der Waals surface area (Å²) in [5.41, 5.74) is 2.42. The van der Waals surface area contributed by atoms with Crippen LogP contribution in [0.5, 0.6) is 0 Å². The molecule has 7 heteroatoms. The maximum absolute atomic E-state index is 5.65. The quantitative estimate of drug-likeness (QED) is 0.193. The van der Waals surface area contributed by atoms with E-state index in [1.165, 1.54) is 10.4 Å². The number of hydrogen-bond acceptors (Lipinski definition) is 4. The average molecular weight is 532 g/mol. The second-order valence-corrected chi connectivity index (χ2v) is 8.16. The predicted molar refractivity (Wildman–Crippen MR) is 134 cm³/mol. The summed E-state index contributed by atoms with van der Waals surface area (Å²) in [4.78, 5) is 5.72. The van der Waals surface area contributed by atoms with Gasteiger partial charge in [0.15, 0.2) is 5.96 Å². The molecule has 0 radical (unpaired) electrons. The van der Waals surface area contributed by atoms with Crippen molar-refractivity contribution in [3.05, 3.63) is 57.8 Å². The van der Waals surface area contributed by atoms with Crippen LogP contribution in [0.2, 0.25) is 0 Å². The van der Waals surface area contributed by atoms with Crippen LogP contribution in [0, 0.1) is 0 Å². The maximum atomic E-state index is 5.65. The molecule has 0 saturated heterocycles. The number of thiophene rings is 1. The van der Waals surface area contributed by atoms with Crippen LogP contribution in [-0.2, 0) is 28.0 Å². The van der Waals surface area contributed by atoms with Gasteiger partial charge in [-0.1, -0.05) is 44.2 Å². The van der Waals surface area contributed by atoms with Gasteiger partial charge in [-0.3, -0.25) is 4.99 Å². The number of halogens is 1. The number of nitrogens with zero attached hydrogens (tertiary/aromatic N) is 1. The van der Waals surface area contributed by atoms with E-state index in [1.54, 1.807) is 18.4 Å². The first-order chi connectivity index (χ1) is 13.5. The monoisotopic (exact) mass is 531 g/mol. The van der Waals surface area contributed by atoms with Crippen molar-refractivity contribution in [2.75, 3.05) is 33.4 Å². The van der Waals surface area contributed by atoms with Gasteiger partial charge < -0.3 is 20.1 Å². The Morgan fingerprint density at radius 3 is 2.52 bits per heavy atom. The molecular formula is C22H34IN3O2S. The van der Waals surface area contributed by atoms with Gasteiger partial charge in [0.25, 0.3) is 0 Å². The third kappa shape index (κ3) is 9.46. The standard InChI is InChI=1S/C22H33N3O2S.HI/c1-5-26-11-12-27-16-19-9-6-8-18(14-19)15-24-21(23-4)25-17-22(2,3)20-10-7-13-28-20;/h6-10,13-14H,5,11-12,15-17H2,1-4H3,(H2,23,24,25);1H. The summed E-state index contributed by atoms with van der Waals surface area (Å²) >= 11 is 1.79. The Morgan fingerprint density at radius 1 is 1.07 bits per heavy atom. The highest BCUT2D eigenvalue weighted by Gasteiger charge is 2.21. The molecule has 0 aliphatic heterocycles. The van der Waals surface area contributed by atoms with Crippen molar-refractivity contribution in [3.8, 4) is 0 Å². The molecule has 0 spiro atoms. The largest absolute Gasteiger partial charge is 0.379 e. The van der Waals surface area contributed by atoms with E-state index in [2.05, 4.69) is 71.3 Å². The second-order valence-electron chi connectivity index (χ2n) is 7.21. The number of rotatable bonds is 11. The van der Waals surface area contributed by atoms with Crippen molar-refractivity contribution < 1.29 is 9.47 Å². The Hall–Kier alpha value is -1.16. The lowest BCUT2D eigenvalue weighted by Gasteiger charge is -2.25. The summed E-state index contributed by atoms with van der Waals surface area (Å²) in [5, 5.41) is 8.96. The molecule has 5 nitrogen and oxygen atoms in total. The molecule has 2 aromatic rings. The third-order valence-corrected chi connectivity index (χ3v) is 5.64. The van der Waals surface area contributed by atoms with Gasteiger partial charge in [-0.15, -0.1) is 35.3 Å². The summed E-state index contributed by atoms with van der Waals surface area (Å²) in [7, 11) is 1.80. The number of hydrogen-bond donors (Lipinski definition) is 2. The predicted octanol–water partition coefficient (Wildman–Crippen LogP) is 4.56. The van der Waals surface area contributed by atoms with E-state index >= 15 is 0 Å². The molecule has 0 unspecified atom stereocenters. The molecule has 1 heterocycles. The van der Waals surface area contributed by atoms with Crippen molar-refractivity contribution in [2.45, 2.75) is 39.3 Å². The number of ether oxygens (including phenoxy) is 2. The third-order valence-electron chi connectivity index (χ3n) is 4.41. The molecule has 0 saturated carbocycles. The van der Waals surface area contributed by atoms with Crippen LogP contribution < -0.4 is 10.6 Å². The van der Waals surface area contributed by atoms with Gasteiger partial charge >= 0.3 is 0 Å². The number of aliphatic imine (C=N–C) groups is 1. The van der Waals surface area contributed by atoms with Gasteiger partial charge in [0.2, 0.25) is 0 Å². The van der Waals surface area contributed by atoms with E-state index < -0.39 is 0 Å². The van der Waals surface area contributed by atoms with Gasteiger partial charge in [0.1, 0.15) is 0 Å². The zero-order valence-corrected chi connectivity index (χ0v) is 21.0. The van der Waals surface area contributed by atoms with Crippen molar-refractivity contribution in [2.24, 2.45) is 4.99 Å². The van der Waals surface area contributed by atoms with Gasteiger partial charge in [-0.05, 0) is 29.5 Å². The molecule has 2 rings (SSSR count). The van der Waals surface area contributed by atoms with Crippen molar-refractivity contribution in [1.29, 1.82) is 0 Å². The van der Waals surface area contributed by atoms with Crippen molar-refractivity contribution in [1.82, 2.24) is 10.6 Å². The summed E-state index contributed by atoms with van der Waals surface area (Å²) in [6.07, 6.45) is 0. The highest BCUT2D eigenvalue weighted by atomic mass is 127. The summed E-state index contributed by atoms with van der Waals surface area (Å²) < 4.78 is 10.9. The van der Waals surface area contributed by atoms with E-state index in [1.807, 2.05) is 6.92 Å². The maximum Gasteiger partial charge on any atom is 0.191 e. The summed E-state index contributed by atoms with van der Waals surface area (Å²) in [6.45, 7) is 10.6. The molecule has 162 valence electrons. The first kappa shape index (κ1) is 25.9. The summed E-state index contributed by atoms with van der Waals surface area (Å²) in [6, 6.07) is 12.7. The summed E-state index contributed by atoms with van der Waals surface area (Å²) in [5.74, 6) is 0.808. The molecule has 1 aromatic carbocycles.